The first-order chi connectivity index (χ1) is 11.4. The topological polar surface area (TPSA) is 45.1 Å². The van der Waals surface area contributed by atoms with E-state index < -0.39 is 5.60 Å². The summed E-state index contributed by atoms with van der Waals surface area (Å²) < 4.78 is 5.83. The molecule has 0 atom stereocenters. The van der Waals surface area contributed by atoms with Crippen molar-refractivity contribution in [3.8, 4) is 0 Å². The van der Waals surface area contributed by atoms with Crippen LogP contribution >= 0.6 is 0 Å². The molecule has 132 valence electrons. The maximum absolute atomic E-state index is 11.3. The largest absolute Gasteiger partial charge is 0.475 e. The fourth-order valence-corrected chi connectivity index (χ4v) is 3.60. The lowest BCUT2D eigenvalue weighted by Gasteiger charge is -2.39. The Morgan fingerprint density at radius 3 is 2.54 bits per heavy atom. The van der Waals surface area contributed by atoms with Crippen LogP contribution in [-0.2, 0) is 10.3 Å². The third kappa shape index (κ3) is 3.65. The van der Waals surface area contributed by atoms with E-state index in [1.54, 1.807) is 0 Å². The molecule has 0 amide bonds. The Morgan fingerprint density at radius 1 is 1.21 bits per heavy atom. The number of hydrogen-bond acceptors (Lipinski definition) is 4. The van der Waals surface area contributed by atoms with Crippen LogP contribution in [0.5, 0.6) is 0 Å². The molecule has 4 nitrogen and oxygen atoms in total. The lowest BCUT2D eigenvalue weighted by atomic mass is 9.81. The number of hydrogen-bond donors (Lipinski definition) is 1. The number of nitrogens with zero attached hydrogens (tertiary/aromatic N) is 2. The highest BCUT2D eigenvalue weighted by molar-refractivity contribution is 5.97. The molecule has 2 aliphatic heterocycles. The Kier molecular flexibility index (Phi) is 4.97. The predicted molar refractivity (Wildman–Crippen MR) is 97.5 cm³/mol. The molecule has 0 bridgehead atoms. The van der Waals surface area contributed by atoms with Crippen LogP contribution in [0.2, 0.25) is 0 Å². The minimum Gasteiger partial charge on any atom is -0.475 e. The molecule has 0 saturated carbocycles. The van der Waals surface area contributed by atoms with Crippen molar-refractivity contribution in [2.24, 2.45) is 4.99 Å². The van der Waals surface area contributed by atoms with Gasteiger partial charge in [0.15, 0.2) is 0 Å². The van der Waals surface area contributed by atoms with E-state index in [1.165, 1.54) is 12.8 Å². The maximum Gasteiger partial charge on any atom is 0.217 e. The summed E-state index contributed by atoms with van der Waals surface area (Å²) in [5.74, 6) is 0.678. The van der Waals surface area contributed by atoms with Crippen LogP contribution in [0.4, 0.5) is 0 Å². The van der Waals surface area contributed by atoms with Crippen LogP contribution in [0.1, 0.15) is 57.6 Å². The molecule has 1 aromatic rings. The summed E-state index contributed by atoms with van der Waals surface area (Å²) in [6.45, 7) is 10.00. The highest BCUT2D eigenvalue weighted by Gasteiger charge is 2.37. The molecule has 2 aliphatic rings. The van der Waals surface area contributed by atoms with Crippen molar-refractivity contribution in [1.29, 1.82) is 0 Å². The first-order valence-electron chi connectivity index (χ1n) is 9.21. The number of likely N-dealkylation sites (tertiary alicyclic amines) is 1. The quantitative estimate of drug-likeness (QED) is 0.901. The zero-order valence-electron chi connectivity index (χ0n) is 15.2. The molecule has 1 saturated heterocycles. The number of rotatable bonds is 5. The van der Waals surface area contributed by atoms with E-state index in [-0.39, 0.29) is 5.54 Å². The fraction of sp³-hybridized carbons (Fsp3) is 0.650. The number of aliphatic imine (C=N–C) groups is 1. The second kappa shape index (κ2) is 6.85. The third-order valence-corrected chi connectivity index (χ3v) is 5.14. The molecule has 0 aliphatic carbocycles. The Bertz CT molecular complexity index is 601. The minimum atomic E-state index is -0.780. The molecule has 2 heterocycles. The van der Waals surface area contributed by atoms with Gasteiger partial charge >= 0.3 is 0 Å². The van der Waals surface area contributed by atoms with Crippen molar-refractivity contribution in [1.82, 2.24) is 4.90 Å². The van der Waals surface area contributed by atoms with Crippen molar-refractivity contribution in [2.75, 3.05) is 26.2 Å². The fourth-order valence-electron chi connectivity index (χ4n) is 3.60. The van der Waals surface area contributed by atoms with Gasteiger partial charge < -0.3 is 14.7 Å². The van der Waals surface area contributed by atoms with Gasteiger partial charge in [-0.25, -0.2) is 4.99 Å². The summed E-state index contributed by atoms with van der Waals surface area (Å²) in [4.78, 5) is 7.17. The van der Waals surface area contributed by atoms with Gasteiger partial charge in [0.2, 0.25) is 5.90 Å². The zero-order chi connectivity index (χ0) is 17.2. The number of benzene rings is 1. The molecule has 1 aromatic carbocycles. The highest BCUT2D eigenvalue weighted by atomic mass is 16.5. The highest BCUT2D eigenvalue weighted by Crippen LogP contribution is 2.36. The predicted octanol–water partition coefficient (Wildman–Crippen LogP) is 3.33. The monoisotopic (exact) mass is 330 g/mol. The van der Waals surface area contributed by atoms with Crippen LogP contribution in [-0.4, -0.2) is 47.7 Å². The lowest BCUT2D eigenvalue weighted by molar-refractivity contribution is -0.0262. The molecule has 4 heteroatoms. The molecule has 0 spiro atoms. The SMILES string of the molecule is CCCCN1CCC(O)(c2ccccc2C2=NC(C)(C)CO2)CC1. The van der Waals surface area contributed by atoms with Gasteiger partial charge in [-0.05, 0) is 51.3 Å². The molecule has 24 heavy (non-hydrogen) atoms. The number of piperidine rings is 1. The smallest absolute Gasteiger partial charge is 0.217 e. The van der Waals surface area contributed by atoms with Crippen molar-refractivity contribution in [2.45, 2.75) is 57.6 Å². The van der Waals surface area contributed by atoms with E-state index in [0.29, 0.717) is 12.5 Å². The van der Waals surface area contributed by atoms with E-state index in [0.717, 1.165) is 43.6 Å². The average molecular weight is 330 g/mol. The van der Waals surface area contributed by atoms with Gasteiger partial charge in [-0.3, -0.25) is 0 Å². The molecular weight excluding hydrogens is 300 g/mol. The van der Waals surface area contributed by atoms with Gasteiger partial charge in [-0.1, -0.05) is 31.5 Å². The summed E-state index contributed by atoms with van der Waals surface area (Å²) in [6, 6.07) is 8.06. The number of aliphatic hydroxyl groups is 1. The van der Waals surface area contributed by atoms with Crippen molar-refractivity contribution < 1.29 is 9.84 Å². The van der Waals surface area contributed by atoms with E-state index in [2.05, 4.69) is 25.7 Å². The van der Waals surface area contributed by atoms with Crippen molar-refractivity contribution >= 4 is 5.90 Å². The van der Waals surface area contributed by atoms with Gasteiger partial charge in [-0.2, -0.15) is 0 Å². The Balaban J connectivity index is 1.81. The Labute approximate surface area is 145 Å². The first-order valence-corrected chi connectivity index (χ1v) is 9.21. The summed E-state index contributed by atoms with van der Waals surface area (Å²) >= 11 is 0. The number of unbranched alkanes of at least 4 members (excludes halogenated alkanes) is 1. The standard InChI is InChI=1S/C20H30N2O2/c1-4-5-12-22-13-10-20(23,11-14-22)17-9-7-6-8-16(17)18-21-19(2,3)15-24-18/h6-9,23H,4-5,10-15H2,1-3H3. The molecule has 3 rings (SSSR count). The second-order valence-corrected chi connectivity index (χ2v) is 7.79. The van der Waals surface area contributed by atoms with Gasteiger partial charge in [0, 0.05) is 18.7 Å². The molecule has 0 radical (unpaired) electrons. The van der Waals surface area contributed by atoms with Gasteiger partial charge in [0.25, 0.3) is 0 Å². The molecular formula is C20H30N2O2. The molecule has 0 aromatic heterocycles. The lowest BCUT2D eigenvalue weighted by Crippen LogP contribution is -2.43. The first kappa shape index (κ1) is 17.4. The van der Waals surface area contributed by atoms with Gasteiger partial charge in [0.05, 0.1) is 11.1 Å². The van der Waals surface area contributed by atoms with Crippen LogP contribution in [0.3, 0.4) is 0 Å². The van der Waals surface area contributed by atoms with Crippen LogP contribution < -0.4 is 0 Å². The summed E-state index contributed by atoms with van der Waals surface area (Å²) in [5.41, 5.74) is 0.955. The average Bonchev–Trinajstić information content (AvgIpc) is 2.94. The summed E-state index contributed by atoms with van der Waals surface area (Å²) in [7, 11) is 0. The van der Waals surface area contributed by atoms with Gasteiger partial charge in [-0.15, -0.1) is 0 Å². The van der Waals surface area contributed by atoms with Gasteiger partial charge in [0.1, 0.15) is 6.61 Å². The van der Waals surface area contributed by atoms with Crippen LogP contribution in [0.25, 0.3) is 0 Å². The molecule has 1 N–H and O–H groups in total. The van der Waals surface area contributed by atoms with Crippen molar-refractivity contribution in [3.05, 3.63) is 35.4 Å². The maximum atomic E-state index is 11.3. The van der Waals surface area contributed by atoms with Crippen LogP contribution in [0, 0.1) is 0 Å². The molecule has 1 fully saturated rings. The van der Waals surface area contributed by atoms with E-state index in [4.69, 9.17) is 9.73 Å². The van der Waals surface area contributed by atoms with E-state index in [9.17, 15) is 5.11 Å². The second-order valence-electron chi connectivity index (χ2n) is 7.79. The van der Waals surface area contributed by atoms with Crippen LogP contribution in [0.15, 0.2) is 29.3 Å². The summed E-state index contributed by atoms with van der Waals surface area (Å²) in [6.07, 6.45) is 3.99. The number of ether oxygens (including phenoxy) is 1. The Hall–Kier alpha value is -1.39. The zero-order valence-corrected chi connectivity index (χ0v) is 15.2. The molecule has 0 unspecified atom stereocenters. The van der Waals surface area contributed by atoms with E-state index >= 15 is 0 Å². The third-order valence-electron chi connectivity index (χ3n) is 5.14. The van der Waals surface area contributed by atoms with E-state index in [1.807, 2.05) is 24.3 Å². The van der Waals surface area contributed by atoms with Crippen molar-refractivity contribution in [3.63, 3.8) is 0 Å². The summed E-state index contributed by atoms with van der Waals surface area (Å²) in [5, 5.41) is 11.3. The minimum absolute atomic E-state index is 0.186. The normalized spacial score (nSPS) is 22.9. The Morgan fingerprint density at radius 2 is 1.92 bits per heavy atom.